The van der Waals surface area contributed by atoms with Gasteiger partial charge in [0.05, 0.1) is 23.4 Å². The summed E-state index contributed by atoms with van der Waals surface area (Å²) in [7, 11) is 1.63. The number of aromatic nitrogens is 1. The lowest BCUT2D eigenvalue weighted by molar-refractivity contribution is 0.0697. The number of aryl methyl sites for hydroxylation is 1. The van der Waals surface area contributed by atoms with E-state index in [9.17, 15) is 4.79 Å². The highest BCUT2D eigenvalue weighted by molar-refractivity contribution is 6.33. The molecular formula is C20H17ClN2O3. The molecule has 3 rings (SSSR count). The normalized spacial score (nSPS) is 11.0. The van der Waals surface area contributed by atoms with Crippen LogP contribution in [0, 0.1) is 6.92 Å². The molecule has 0 radical (unpaired) electrons. The number of carboxylic acid groups (broad SMARTS) is 1. The van der Waals surface area contributed by atoms with Gasteiger partial charge in [0.1, 0.15) is 5.75 Å². The van der Waals surface area contributed by atoms with Gasteiger partial charge in [-0.05, 0) is 55.5 Å². The van der Waals surface area contributed by atoms with Crippen molar-refractivity contribution in [3.8, 4) is 11.4 Å². The second-order valence-corrected chi connectivity index (χ2v) is 6.12. The minimum absolute atomic E-state index is 0.147. The van der Waals surface area contributed by atoms with E-state index in [2.05, 4.69) is 4.99 Å². The van der Waals surface area contributed by atoms with Crippen LogP contribution >= 0.6 is 11.6 Å². The first-order chi connectivity index (χ1) is 12.5. The van der Waals surface area contributed by atoms with Crippen LogP contribution in [0.3, 0.4) is 0 Å². The van der Waals surface area contributed by atoms with Crippen LogP contribution in [0.4, 0.5) is 5.69 Å². The van der Waals surface area contributed by atoms with Crippen LogP contribution in [0.25, 0.3) is 5.69 Å². The molecule has 26 heavy (non-hydrogen) atoms. The zero-order valence-electron chi connectivity index (χ0n) is 14.3. The fourth-order valence-corrected chi connectivity index (χ4v) is 2.75. The van der Waals surface area contributed by atoms with E-state index in [1.807, 2.05) is 48.0 Å². The van der Waals surface area contributed by atoms with Crippen molar-refractivity contribution in [2.24, 2.45) is 4.99 Å². The van der Waals surface area contributed by atoms with Gasteiger partial charge in [0.2, 0.25) is 0 Å². The average Bonchev–Trinajstić information content (AvgIpc) is 3.01. The Morgan fingerprint density at radius 1 is 1.19 bits per heavy atom. The Bertz CT molecular complexity index is 975. The summed E-state index contributed by atoms with van der Waals surface area (Å²) in [6.07, 6.45) is 3.62. The molecule has 6 heteroatoms. The predicted molar refractivity (Wildman–Crippen MR) is 103 cm³/mol. The maximum Gasteiger partial charge on any atom is 0.335 e. The lowest BCUT2D eigenvalue weighted by Gasteiger charge is -2.06. The number of carboxylic acids is 1. The van der Waals surface area contributed by atoms with Crippen molar-refractivity contribution in [2.45, 2.75) is 6.92 Å². The largest absolute Gasteiger partial charge is 0.497 e. The molecule has 132 valence electrons. The Labute approximate surface area is 156 Å². The van der Waals surface area contributed by atoms with Gasteiger partial charge >= 0.3 is 5.97 Å². The van der Waals surface area contributed by atoms with Crippen molar-refractivity contribution in [1.82, 2.24) is 4.57 Å². The number of carbonyl (C=O) groups is 1. The molecule has 0 aliphatic rings. The van der Waals surface area contributed by atoms with Gasteiger partial charge in [-0.3, -0.25) is 4.99 Å². The first-order valence-corrected chi connectivity index (χ1v) is 8.26. The van der Waals surface area contributed by atoms with Crippen LogP contribution in [-0.4, -0.2) is 29.0 Å². The summed E-state index contributed by atoms with van der Waals surface area (Å²) >= 11 is 6.10. The molecule has 0 atom stereocenters. The molecule has 0 aliphatic carbocycles. The first kappa shape index (κ1) is 17.8. The average molecular weight is 369 g/mol. The fraction of sp³-hybridized carbons (Fsp3) is 0.100. The van der Waals surface area contributed by atoms with E-state index in [4.69, 9.17) is 21.4 Å². The van der Waals surface area contributed by atoms with Crippen molar-refractivity contribution in [3.63, 3.8) is 0 Å². The van der Waals surface area contributed by atoms with Crippen LogP contribution < -0.4 is 4.74 Å². The smallest absolute Gasteiger partial charge is 0.335 e. The second-order valence-electron chi connectivity index (χ2n) is 5.71. The van der Waals surface area contributed by atoms with Crippen molar-refractivity contribution >= 4 is 29.5 Å². The molecular weight excluding hydrogens is 352 g/mol. The molecule has 1 N–H and O–H groups in total. The van der Waals surface area contributed by atoms with Crippen LogP contribution in [0.5, 0.6) is 5.75 Å². The van der Waals surface area contributed by atoms with Crippen molar-refractivity contribution in [3.05, 3.63) is 76.6 Å². The Hall–Kier alpha value is -3.05. The van der Waals surface area contributed by atoms with Crippen LogP contribution in [0.2, 0.25) is 5.02 Å². The number of hydrogen-bond acceptors (Lipinski definition) is 3. The highest BCUT2D eigenvalue weighted by Gasteiger charge is 2.07. The molecule has 0 bridgehead atoms. The lowest BCUT2D eigenvalue weighted by atomic mass is 10.2. The number of aromatic carboxylic acids is 1. The van der Waals surface area contributed by atoms with E-state index in [1.54, 1.807) is 13.3 Å². The van der Waals surface area contributed by atoms with E-state index in [-0.39, 0.29) is 5.56 Å². The van der Waals surface area contributed by atoms with Gasteiger partial charge in [0, 0.05) is 29.4 Å². The van der Waals surface area contributed by atoms with Gasteiger partial charge < -0.3 is 14.4 Å². The summed E-state index contributed by atoms with van der Waals surface area (Å²) < 4.78 is 7.22. The molecule has 0 saturated carbocycles. The van der Waals surface area contributed by atoms with Crippen molar-refractivity contribution < 1.29 is 14.6 Å². The predicted octanol–water partition coefficient (Wildman–Crippen LogP) is 4.90. The minimum Gasteiger partial charge on any atom is -0.497 e. The SMILES string of the molecule is COc1ccc(-n2cc(C=Nc3cc(C(=O)O)ccc3Cl)cc2C)cc1. The standard InChI is InChI=1S/C20H17ClN2O3/c1-13-9-14(12-23(13)16-4-6-17(26-2)7-5-16)11-22-19-10-15(20(24)25)3-8-18(19)21/h3-12H,1-2H3,(H,24,25). The van der Waals surface area contributed by atoms with E-state index in [1.165, 1.54) is 18.2 Å². The topological polar surface area (TPSA) is 63.8 Å². The van der Waals surface area contributed by atoms with Crippen LogP contribution in [-0.2, 0) is 0 Å². The zero-order chi connectivity index (χ0) is 18.7. The number of aliphatic imine (C=N–C) groups is 1. The van der Waals surface area contributed by atoms with E-state index in [0.29, 0.717) is 10.7 Å². The summed E-state index contributed by atoms with van der Waals surface area (Å²) in [5.41, 5.74) is 3.50. The Morgan fingerprint density at radius 2 is 1.92 bits per heavy atom. The maximum atomic E-state index is 11.1. The second kappa shape index (κ2) is 7.45. The van der Waals surface area contributed by atoms with Gasteiger partial charge in [-0.25, -0.2) is 4.79 Å². The molecule has 1 aromatic heterocycles. The summed E-state index contributed by atoms with van der Waals surface area (Å²) in [5.74, 6) is -0.215. The highest BCUT2D eigenvalue weighted by atomic mass is 35.5. The van der Waals surface area contributed by atoms with Gasteiger partial charge in [0.15, 0.2) is 0 Å². The molecule has 1 heterocycles. The molecule has 0 fully saturated rings. The molecule has 3 aromatic rings. The van der Waals surface area contributed by atoms with Gasteiger partial charge in [-0.2, -0.15) is 0 Å². The fourth-order valence-electron chi connectivity index (χ4n) is 2.58. The van der Waals surface area contributed by atoms with Crippen LogP contribution in [0.15, 0.2) is 59.7 Å². The third-order valence-corrected chi connectivity index (χ3v) is 4.25. The maximum absolute atomic E-state index is 11.1. The number of halogens is 1. The number of ether oxygens (including phenoxy) is 1. The molecule has 0 saturated heterocycles. The molecule has 0 unspecified atom stereocenters. The summed E-state index contributed by atoms with van der Waals surface area (Å²) in [4.78, 5) is 15.4. The number of benzene rings is 2. The number of hydrogen-bond donors (Lipinski definition) is 1. The monoisotopic (exact) mass is 368 g/mol. The zero-order valence-corrected chi connectivity index (χ0v) is 15.1. The van der Waals surface area contributed by atoms with Gasteiger partial charge in [0.25, 0.3) is 0 Å². The summed E-state index contributed by atoms with van der Waals surface area (Å²) in [6.45, 7) is 2.00. The molecule has 0 spiro atoms. The van der Waals surface area contributed by atoms with E-state index >= 15 is 0 Å². The van der Waals surface area contributed by atoms with E-state index < -0.39 is 5.97 Å². The quantitative estimate of drug-likeness (QED) is 0.651. The van der Waals surface area contributed by atoms with Crippen LogP contribution in [0.1, 0.15) is 21.6 Å². The Kier molecular flexibility index (Phi) is 5.09. The van der Waals surface area contributed by atoms with E-state index in [0.717, 1.165) is 22.7 Å². The highest BCUT2D eigenvalue weighted by Crippen LogP contribution is 2.26. The van der Waals surface area contributed by atoms with Gasteiger partial charge in [-0.15, -0.1) is 0 Å². The summed E-state index contributed by atoms with van der Waals surface area (Å²) in [5, 5.41) is 9.48. The first-order valence-electron chi connectivity index (χ1n) is 7.88. The minimum atomic E-state index is -1.01. The molecule has 5 nitrogen and oxygen atoms in total. The third kappa shape index (κ3) is 3.78. The lowest BCUT2D eigenvalue weighted by Crippen LogP contribution is -1.95. The number of methoxy groups -OCH3 is 1. The van der Waals surface area contributed by atoms with Gasteiger partial charge in [-0.1, -0.05) is 11.6 Å². The Morgan fingerprint density at radius 3 is 2.58 bits per heavy atom. The third-order valence-electron chi connectivity index (χ3n) is 3.93. The number of rotatable bonds is 5. The van der Waals surface area contributed by atoms with Crippen molar-refractivity contribution in [1.29, 1.82) is 0 Å². The molecule has 2 aromatic carbocycles. The molecule has 0 aliphatic heterocycles. The summed E-state index contributed by atoms with van der Waals surface area (Å²) in [6, 6.07) is 14.2. The molecule has 0 amide bonds. The van der Waals surface area contributed by atoms with Crippen molar-refractivity contribution in [2.75, 3.05) is 7.11 Å². The Balaban J connectivity index is 1.88. The number of nitrogens with zero attached hydrogens (tertiary/aromatic N) is 2.